The molecule has 1 fully saturated rings. The lowest BCUT2D eigenvalue weighted by Crippen LogP contribution is -2.17. The molecule has 1 aliphatic rings. The van der Waals surface area contributed by atoms with E-state index in [2.05, 4.69) is 16.1 Å². The molecule has 1 aromatic carbocycles. The molecule has 1 heterocycles. The highest BCUT2D eigenvalue weighted by Gasteiger charge is 2.09. The lowest BCUT2D eigenvalue weighted by molar-refractivity contribution is -0.0498. The largest absolute Gasteiger partial charge is 0.435 e. The van der Waals surface area contributed by atoms with Gasteiger partial charge in [0.1, 0.15) is 5.75 Å². The maximum absolute atomic E-state index is 11.9. The molecule has 1 unspecified atom stereocenters. The van der Waals surface area contributed by atoms with E-state index in [-0.39, 0.29) is 5.75 Å². The van der Waals surface area contributed by atoms with E-state index in [9.17, 15) is 8.78 Å². The van der Waals surface area contributed by atoms with Crippen LogP contribution in [-0.2, 0) is 0 Å². The molecule has 0 radical (unpaired) electrons. The van der Waals surface area contributed by atoms with Gasteiger partial charge in [0.2, 0.25) is 0 Å². The van der Waals surface area contributed by atoms with Crippen molar-refractivity contribution in [3.8, 4) is 5.75 Å². The Bertz CT molecular complexity index is 370. The zero-order chi connectivity index (χ0) is 12.1. The molecule has 92 valence electrons. The molecular weight excluding hydrogens is 224 g/mol. The second-order valence-corrected chi connectivity index (χ2v) is 4.01. The van der Waals surface area contributed by atoms with Crippen LogP contribution in [0.4, 0.5) is 8.78 Å². The fourth-order valence-electron chi connectivity index (χ4n) is 1.86. The highest BCUT2D eigenvalue weighted by atomic mass is 19.3. The normalized spacial score (nSPS) is 20.3. The molecule has 0 amide bonds. The Balaban J connectivity index is 1.93. The molecule has 0 saturated carbocycles. The first kappa shape index (κ1) is 12.0. The van der Waals surface area contributed by atoms with Crippen molar-refractivity contribution < 1.29 is 13.5 Å². The van der Waals surface area contributed by atoms with E-state index in [0.29, 0.717) is 6.04 Å². The Hall–Kier alpha value is -1.42. The SMILES string of the molecule is FC(F)Oc1ccc(/C=C/C2CCCN2)cc1. The quantitative estimate of drug-likeness (QED) is 0.872. The van der Waals surface area contributed by atoms with Crippen molar-refractivity contribution in [1.82, 2.24) is 5.32 Å². The van der Waals surface area contributed by atoms with Gasteiger partial charge in [0, 0.05) is 6.04 Å². The van der Waals surface area contributed by atoms with Crippen molar-refractivity contribution in [1.29, 1.82) is 0 Å². The molecule has 0 aromatic heterocycles. The van der Waals surface area contributed by atoms with Crippen molar-refractivity contribution in [2.75, 3.05) is 6.54 Å². The summed E-state index contributed by atoms with van der Waals surface area (Å²) in [6, 6.07) is 7.07. The van der Waals surface area contributed by atoms with Crippen molar-refractivity contribution in [2.24, 2.45) is 0 Å². The van der Waals surface area contributed by atoms with E-state index >= 15 is 0 Å². The summed E-state index contributed by atoms with van der Waals surface area (Å²) in [7, 11) is 0. The summed E-state index contributed by atoms with van der Waals surface area (Å²) in [6.07, 6.45) is 6.46. The number of hydrogen-bond acceptors (Lipinski definition) is 2. The van der Waals surface area contributed by atoms with Gasteiger partial charge in [0.15, 0.2) is 0 Å². The van der Waals surface area contributed by atoms with Gasteiger partial charge in [0.25, 0.3) is 0 Å². The van der Waals surface area contributed by atoms with Crippen molar-refractivity contribution in [2.45, 2.75) is 25.5 Å². The van der Waals surface area contributed by atoms with Crippen molar-refractivity contribution in [3.63, 3.8) is 0 Å². The van der Waals surface area contributed by atoms with Crippen LogP contribution in [0.3, 0.4) is 0 Å². The standard InChI is InChI=1S/C13H15F2NO/c14-13(15)17-12-7-4-10(5-8-12)3-6-11-2-1-9-16-11/h3-8,11,13,16H,1-2,9H2/b6-3+. The van der Waals surface area contributed by atoms with Gasteiger partial charge in [-0.2, -0.15) is 8.78 Å². The Labute approximate surface area is 99.3 Å². The van der Waals surface area contributed by atoms with Crippen molar-refractivity contribution in [3.05, 3.63) is 35.9 Å². The van der Waals surface area contributed by atoms with Crippen LogP contribution in [0.5, 0.6) is 5.75 Å². The highest BCUT2D eigenvalue weighted by molar-refractivity contribution is 5.51. The summed E-state index contributed by atoms with van der Waals surface area (Å²) in [5.74, 6) is 0.191. The zero-order valence-electron chi connectivity index (χ0n) is 9.40. The van der Waals surface area contributed by atoms with Crippen LogP contribution in [0, 0.1) is 0 Å². The Morgan fingerprint density at radius 1 is 1.29 bits per heavy atom. The Morgan fingerprint density at radius 2 is 2.06 bits per heavy atom. The van der Waals surface area contributed by atoms with E-state index in [1.165, 1.54) is 6.42 Å². The van der Waals surface area contributed by atoms with E-state index < -0.39 is 6.61 Å². The van der Waals surface area contributed by atoms with Crippen LogP contribution >= 0.6 is 0 Å². The average Bonchev–Trinajstić information content (AvgIpc) is 2.80. The molecule has 17 heavy (non-hydrogen) atoms. The van der Waals surface area contributed by atoms with E-state index in [0.717, 1.165) is 18.5 Å². The predicted molar refractivity (Wildman–Crippen MR) is 63.1 cm³/mol. The van der Waals surface area contributed by atoms with Gasteiger partial charge >= 0.3 is 6.61 Å². The van der Waals surface area contributed by atoms with Gasteiger partial charge in [-0.1, -0.05) is 24.3 Å². The van der Waals surface area contributed by atoms with Crippen LogP contribution in [0.1, 0.15) is 18.4 Å². The van der Waals surface area contributed by atoms with Gasteiger partial charge < -0.3 is 10.1 Å². The smallest absolute Gasteiger partial charge is 0.387 e. The van der Waals surface area contributed by atoms with Crippen LogP contribution in [0.2, 0.25) is 0 Å². The van der Waals surface area contributed by atoms with Crippen LogP contribution in [-0.4, -0.2) is 19.2 Å². The van der Waals surface area contributed by atoms with Gasteiger partial charge in [-0.3, -0.25) is 0 Å². The minimum atomic E-state index is -2.76. The maximum Gasteiger partial charge on any atom is 0.387 e. The summed E-state index contributed by atoms with van der Waals surface area (Å²) in [5, 5.41) is 3.35. The van der Waals surface area contributed by atoms with Crippen LogP contribution < -0.4 is 10.1 Å². The average molecular weight is 239 g/mol. The number of ether oxygens (including phenoxy) is 1. The first-order chi connectivity index (χ1) is 8.24. The fraction of sp³-hybridized carbons (Fsp3) is 0.385. The molecule has 1 N–H and O–H groups in total. The van der Waals surface area contributed by atoms with Crippen LogP contribution in [0.15, 0.2) is 30.3 Å². The van der Waals surface area contributed by atoms with Gasteiger partial charge in [-0.15, -0.1) is 0 Å². The third kappa shape index (κ3) is 3.82. The fourth-order valence-corrected chi connectivity index (χ4v) is 1.86. The second-order valence-electron chi connectivity index (χ2n) is 4.01. The van der Waals surface area contributed by atoms with E-state index in [1.807, 2.05) is 6.08 Å². The molecule has 2 rings (SSSR count). The van der Waals surface area contributed by atoms with Gasteiger partial charge in [0.05, 0.1) is 0 Å². The first-order valence-electron chi connectivity index (χ1n) is 5.70. The number of benzene rings is 1. The summed E-state index contributed by atoms with van der Waals surface area (Å²) in [6.45, 7) is -1.70. The molecule has 0 spiro atoms. The highest BCUT2D eigenvalue weighted by Crippen LogP contribution is 2.16. The molecule has 1 saturated heterocycles. The second kappa shape index (κ2) is 5.77. The lowest BCUT2D eigenvalue weighted by atomic mass is 10.1. The molecular formula is C13H15F2NO. The lowest BCUT2D eigenvalue weighted by Gasteiger charge is -2.05. The van der Waals surface area contributed by atoms with Gasteiger partial charge in [-0.05, 0) is 37.1 Å². The first-order valence-corrected chi connectivity index (χ1v) is 5.70. The van der Waals surface area contributed by atoms with E-state index in [4.69, 9.17) is 0 Å². The molecule has 1 atom stereocenters. The Kier molecular flexibility index (Phi) is 4.09. The minimum absolute atomic E-state index is 0.191. The maximum atomic E-state index is 11.9. The minimum Gasteiger partial charge on any atom is -0.435 e. The number of nitrogens with one attached hydrogen (secondary N) is 1. The monoisotopic (exact) mass is 239 g/mol. The molecule has 0 bridgehead atoms. The molecule has 2 nitrogen and oxygen atoms in total. The van der Waals surface area contributed by atoms with E-state index in [1.54, 1.807) is 24.3 Å². The molecule has 1 aromatic rings. The topological polar surface area (TPSA) is 21.3 Å². The molecule has 4 heteroatoms. The number of hydrogen-bond donors (Lipinski definition) is 1. The predicted octanol–water partition coefficient (Wildman–Crippen LogP) is 3.05. The zero-order valence-corrected chi connectivity index (χ0v) is 9.40. The summed E-state index contributed by atoms with van der Waals surface area (Å²) in [4.78, 5) is 0. The summed E-state index contributed by atoms with van der Waals surface area (Å²) >= 11 is 0. The summed E-state index contributed by atoms with van der Waals surface area (Å²) < 4.78 is 28.1. The number of alkyl halides is 2. The van der Waals surface area contributed by atoms with Crippen LogP contribution in [0.25, 0.3) is 6.08 Å². The molecule has 0 aliphatic carbocycles. The summed E-state index contributed by atoms with van der Waals surface area (Å²) in [5.41, 5.74) is 0.986. The van der Waals surface area contributed by atoms with Gasteiger partial charge in [-0.25, -0.2) is 0 Å². The Morgan fingerprint density at radius 3 is 2.65 bits per heavy atom. The number of halogens is 2. The third-order valence-corrected chi connectivity index (χ3v) is 2.72. The third-order valence-electron chi connectivity index (χ3n) is 2.72. The number of rotatable bonds is 4. The molecule has 1 aliphatic heterocycles. The van der Waals surface area contributed by atoms with Crippen molar-refractivity contribution >= 4 is 6.08 Å².